The molecule has 1 nitrogen and oxygen atoms in total. The van der Waals surface area contributed by atoms with Crippen molar-refractivity contribution in [1.82, 2.24) is 0 Å². The predicted octanol–water partition coefficient (Wildman–Crippen LogP) is 4.78. The maximum absolute atomic E-state index is 10.5. The number of aliphatic hydroxyl groups is 1. The van der Waals surface area contributed by atoms with Crippen molar-refractivity contribution in [2.45, 2.75) is 84.2 Å². The second-order valence-electron chi connectivity index (χ2n) is 9.04. The Morgan fingerprint density at radius 2 is 1.55 bits per heavy atom. The van der Waals surface area contributed by atoms with Crippen molar-refractivity contribution < 1.29 is 5.11 Å². The molecule has 1 heteroatoms. The molecule has 0 aromatic carbocycles. The maximum Gasteiger partial charge on any atom is 0.0596 e. The minimum absolute atomic E-state index is 0.00895. The Balaban J connectivity index is 1.64. The zero-order valence-electron chi connectivity index (χ0n) is 13.4. The van der Waals surface area contributed by atoms with Crippen LogP contribution in [-0.2, 0) is 0 Å². The second-order valence-corrected chi connectivity index (χ2v) is 9.04. The maximum atomic E-state index is 10.5. The highest BCUT2D eigenvalue weighted by Crippen LogP contribution is 2.66. The molecule has 0 aromatic heterocycles. The molecule has 0 amide bonds. The topological polar surface area (TPSA) is 20.2 Å². The molecule has 0 spiro atoms. The van der Waals surface area contributed by atoms with E-state index in [2.05, 4.69) is 13.8 Å². The lowest BCUT2D eigenvalue weighted by molar-refractivity contribution is -0.120. The summed E-state index contributed by atoms with van der Waals surface area (Å²) in [7, 11) is 0. The molecule has 4 aliphatic rings. The smallest absolute Gasteiger partial charge is 0.0596 e. The summed E-state index contributed by atoms with van der Waals surface area (Å²) in [6.07, 6.45) is 14.0. The molecule has 7 atom stereocenters. The SMILES string of the molecule is C[C@]12CCCCC1CCC1C2CC[C@]2(C)C(O)CCC12. The molecule has 5 unspecified atom stereocenters. The number of fused-ring (bicyclic) bond motifs is 5. The lowest BCUT2D eigenvalue weighted by Crippen LogP contribution is -2.53. The highest BCUT2D eigenvalue weighted by Gasteiger charge is 2.59. The Morgan fingerprint density at radius 1 is 0.750 bits per heavy atom. The Morgan fingerprint density at radius 3 is 2.40 bits per heavy atom. The highest BCUT2D eigenvalue weighted by atomic mass is 16.3. The van der Waals surface area contributed by atoms with Crippen LogP contribution in [0.1, 0.15) is 78.1 Å². The second kappa shape index (κ2) is 4.48. The molecule has 4 aliphatic carbocycles. The van der Waals surface area contributed by atoms with Gasteiger partial charge in [-0.15, -0.1) is 0 Å². The average molecular weight is 276 g/mol. The summed E-state index contributed by atoms with van der Waals surface area (Å²) in [5.41, 5.74) is 0.912. The molecule has 20 heavy (non-hydrogen) atoms. The Labute approximate surface area is 124 Å². The zero-order chi connectivity index (χ0) is 14.0. The summed E-state index contributed by atoms with van der Waals surface area (Å²) in [5, 5.41) is 10.5. The standard InChI is InChI=1S/C19H32O/c1-18-11-4-3-5-13(18)6-7-14-15-8-9-17(20)19(15,2)12-10-16(14)18/h13-17,20H,3-12H2,1-2H3/t13?,14?,15?,16?,17?,18-,19-/m0/s1. The van der Waals surface area contributed by atoms with Gasteiger partial charge in [0.2, 0.25) is 0 Å². The fraction of sp³-hybridized carbons (Fsp3) is 1.00. The highest BCUT2D eigenvalue weighted by molar-refractivity contribution is 5.08. The first-order valence-corrected chi connectivity index (χ1v) is 9.24. The van der Waals surface area contributed by atoms with E-state index < -0.39 is 0 Å². The minimum atomic E-state index is -0.00895. The van der Waals surface area contributed by atoms with E-state index in [1.165, 1.54) is 57.8 Å². The van der Waals surface area contributed by atoms with E-state index in [0.717, 1.165) is 30.1 Å². The summed E-state index contributed by atoms with van der Waals surface area (Å²) in [5.74, 6) is 3.76. The summed E-state index contributed by atoms with van der Waals surface area (Å²) in [6.45, 7) is 5.04. The van der Waals surface area contributed by atoms with Crippen LogP contribution in [0.15, 0.2) is 0 Å². The molecule has 0 radical (unpaired) electrons. The van der Waals surface area contributed by atoms with Gasteiger partial charge in [-0.05, 0) is 85.9 Å². The van der Waals surface area contributed by atoms with E-state index >= 15 is 0 Å². The zero-order valence-corrected chi connectivity index (χ0v) is 13.4. The summed E-state index contributed by atoms with van der Waals surface area (Å²) in [6, 6.07) is 0. The van der Waals surface area contributed by atoms with Crippen LogP contribution in [0.3, 0.4) is 0 Å². The van der Waals surface area contributed by atoms with Gasteiger partial charge in [0.15, 0.2) is 0 Å². The van der Waals surface area contributed by atoms with Crippen molar-refractivity contribution in [3.05, 3.63) is 0 Å². The fourth-order valence-electron chi connectivity index (χ4n) is 7.27. The number of hydrogen-bond acceptors (Lipinski definition) is 1. The molecule has 1 N–H and O–H groups in total. The van der Waals surface area contributed by atoms with Crippen molar-refractivity contribution in [1.29, 1.82) is 0 Å². The molecule has 4 fully saturated rings. The van der Waals surface area contributed by atoms with Crippen LogP contribution in [0.2, 0.25) is 0 Å². The van der Waals surface area contributed by atoms with Crippen LogP contribution in [0.25, 0.3) is 0 Å². The van der Waals surface area contributed by atoms with E-state index in [0.29, 0.717) is 5.41 Å². The molecule has 114 valence electrons. The van der Waals surface area contributed by atoms with Gasteiger partial charge in [-0.1, -0.05) is 26.7 Å². The molecular weight excluding hydrogens is 244 g/mol. The fourth-order valence-corrected chi connectivity index (χ4v) is 7.27. The van der Waals surface area contributed by atoms with E-state index in [4.69, 9.17) is 0 Å². The van der Waals surface area contributed by atoms with E-state index in [-0.39, 0.29) is 11.5 Å². The van der Waals surface area contributed by atoms with Crippen molar-refractivity contribution >= 4 is 0 Å². The van der Waals surface area contributed by atoms with Crippen molar-refractivity contribution in [2.24, 2.45) is 34.5 Å². The first kappa shape index (κ1) is 13.6. The Hall–Kier alpha value is -0.0400. The van der Waals surface area contributed by atoms with Gasteiger partial charge in [0.05, 0.1) is 6.10 Å². The van der Waals surface area contributed by atoms with Crippen molar-refractivity contribution in [3.8, 4) is 0 Å². The van der Waals surface area contributed by atoms with Gasteiger partial charge >= 0.3 is 0 Å². The van der Waals surface area contributed by atoms with Gasteiger partial charge in [0, 0.05) is 0 Å². The van der Waals surface area contributed by atoms with Gasteiger partial charge in [-0.3, -0.25) is 0 Å². The first-order chi connectivity index (χ1) is 9.56. The van der Waals surface area contributed by atoms with Crippen LogP contribution in [-0.4, -0.2) is 11.2 Å². The van der Waals surface area contributed by atoms with E-state index in [9.17, 15) is 5.11 Å². The van der Waals surface area contributed by atoms with Crippen LogP contribution in [0.4, 0.5) is 0 Å². The van der Waals surface area contributed by atoms with E-state index in [1.54, 1.807) is 0 Å². The molecule has 4 rings (SSSR count). The van der Waals surface area contributed by atoms with Gasteiger partial charge in [0.25, 0.3) is 0 Å². The molecule has 0 aromatic rings. The third kappa shape index (κ3) is 1.65. The normalized spacial score (nSPS) is 58.6. The van der Waals surface area contributed by atoms with Gasteiger partial charge in [0.1, 0.15) is 0 Å². The third-order valence-electron chi connectivity index (χ3n) is 8.53. The van der Waals surface area contributed by atoms with Crippen LogP contribution < -0.4 is 0 Å². The summed E-state index contributed by atoms with van der Waals surface area (Å²) in [4.78, 5) is 0. The van der Waals surface area contributed by atoms with Gasteiger partial charge in [-0.2, -0.15) is 0 Å². The molecular formula is C19H32O. The molecule has 0 heterocycles. The van der Waals surface area contributed by atoms with Crippen molar-refractivity contribution in [3.63, 3.8) is 0 Å². The first-order valence-electron chi connectivity index (χ1n) is 9.24. The van der Waals surface area contributed by atoms with Crippen LogP contribution in [0, 0.1) is 34.5 Å². The van der Waals surface area contributed by atoms with Crippen LogP contribution >= 0.6 is 0 Å². The minimum Gasteiger partial charge on any atom is -0.393 e. The van der Waals surface area contributed by atoms with Gasteiger partial charge in [-0.25, -0.2) is 0 Å². The number of aliphatic hydroxyl groups excluding tert-OH is 1. The average Bonchev–Trinajstić information content (AvgIpc) is 2.74. The molecule has 0 bridgehead atoms. The summed E-state index contributed by atoms with van der Waals surface area (Å²) < 4.78 is 0. The molecule has 0 saturated heterocycles. The predicted molar refractivity (Wildman–Crippen MR) is 82.4 cm³/mol. The number of rotatable bonds is 0. The quantitative estimate of drug-likeness (QED) is 0.675. The van der Waals surface area contributed by atoms with E-state index in [1.807, 2.05) is 0 Å². The third-order valence-corrected chi connectivity index (χ3v) is 8.53. The van der Waals surface area contributed by atoms with Crippen molar-refractivity contribution in [2.75, 3.05) is 0 Å². The largest absolute Gasteiger partial charge is 0.393 e. The lowest BCUT2D eigenvalue weighted by Gasteiger charge is -2.60. The lowest BCUT2D eigenvalue weighted by atomic mass is 9.45. The molecule has 0 aliphatic heterocycles. The molecule has 4 saturated carbocycles. The Bertz CT molecular complexity index is 391. The van der Waals surface area contributed by atoms with Crippen LogP contribution in [0.5, 0.6) is 0 Å². The number of hydrogen-bond donors (Lipinski definition) is 1. The summed E-state index contributed by atoms with van der Waals surface area (Å²) >= 11 is 0. The van der Waals surface area contributed by atoms with Gasteiger partial charge < -0.3 is 5.11 Å². The Kier molecular flexibility index (Phi) is 3.05. The monoisotopic (exact) mass is 276 g/mol.